The summed E-state index contributed by atoms with van der Waals surface area (Å²) in [7, 11) is 0. The second kappa shape index (κ2) is 7.13. The van der Waals surface area contributed by atoms with Crippen LogP contribution in [0.5, 0.6) is 0 Å². The van der Waals surface area contributed by atoms with Gasteiger partial charge in [0, 0.05) is 24.5 Å². The van der Waals surface area contributed by atoms with Gasteiger partial charge < -0.3 is 15.0 Å². The Balaban J connectivity index is 1.93. The first-order valence-electron chi connectivity index (χ1n) is 7.67. The third kappa shape index (κ3) is 4.73. The summed E-state index contributed by atoms with van der Waals surface area (Å²) in [5.74, 6) is 0.0527. The normalized spacial score (nSPS) is 18.9. The first kappa shape index (κ1) is 16.8. The summed E-state index contributed by atoms with van der Waals surface area (Å²) < 4.78 is 5.24. The monoisotopic (exact) mass is 324 g/mol. The second-order valence-corrected chi connectivity index (χ2v) is 7.32. The molecule has 22 heavy (non-hydrogen) atoms. The van der Waals surface area contributed by atoms with Gasteiger partial charge in [-0.2, -0.15) is 11.3 Å². The number of carbonyl (C=O) groups excluding carboxylic acids is 2. The molecule has 0 unspecified atom stereocenters. The number of nitrogens with zero attached hydrogens (tertiary/aromatic N) is 1. The highest BCUT2D eigenvalue weighted by molar-refractivity contribution is 7.08. The fourth-order valence-electron chi connectivity index (χ4n) is 2.55. The van der Waals surface area contributed by atoms with Crippen LogP contribution in [-0.4, -0.2) is 41.6 Å². The van der Waals surface area contributed by atoms with Crippen LogP contribution in [0.2, 0.25) is 0 Å². The topological polar surface area (TPSA) is 58.6 Å². The summed E-state index contributed by atoms with van der Waals surface area (Å²) in [4.78, 5) is 26.2. The molecule has 2 rings (SSSR count). The molecule has 0 aromatic carbocycles. The van der Waals surface area contributed by atoms with Crippen molar-refractivity contribution in [1.29, 1.82) is 0 Å². The number of likely N-dealkylation sites (tertiary alicyclic amines) is 1. The number of amides is 2. The van der Waals surface area contributed by atoms with Crippen molar-refractivity contribution < 1.29 is 14.3 Å². The number of alkyl carbamates (subject to hydrolysis) is 1. The van der Waals surface area contributed by atoms with Gasteiger partial charge in [0.25, 0.3) is 5.91 Å². The van der Waals surface area contributed by atoms with E-state index in [0.717, 1.165) is 31.4 Å². The van der Waals surface area contributed by atoms with Gasteiger partial charge in [0.1, 0.15) is 5.60 Å². The van der Waals surface area contributed by atoms with Gasteiger partial charge in [-0.05, 0) is 51.5 Å². The molecule has 1 aliphatic rings. The molecule has 0 radical (unpaired) electrons. The van der Waals surface area contributed by atoms with Crippen molar-refractivity contribution in [2.24, 2.45) is 0 Å². The zero-order valence-corrected chi connectivity index (χ0v) is 14.2. The van der Waals surface area contributed by atoms with E-state index in [4.69, 9.17) is 4.74 Å². The minimum atomic E-state index is -0.511. The first-order chi connectivity index (χ1) is 10.4. The van der Waals surface area contributed by atoms with E-state index in [2.05, 4.69) is 5.32 Å². The third-order valence-corrected chi connectivity index (χ3v) is 4.22. The molecule has 0 saturated carbocycles. The molecule has 1 N–H and O–H groups in total. The molecule has 6 heteroatoms. The van der Waals surface area contributed by atoms with Crippen LogP contribution in [0.3, 0.4) is 0 Å². The highest BCUT2D eigenvalue weighted by Crippen LogP contribution is 2.20. The van der Waals surface area contributed by atoms with Crippen LogP contribution >= 0.6 is 11.3 Å². The van der Waals surface area contributed by atoms with Gasteiger partial charge in [0.2, 0.25) is 0 Å². The molecule has 0 bridgehead atoms. The lowest BCUT2D eigenvalue weighted by Gasteiger charge is -2.35. The Bertz CT molecular complexity index is 508. The average Bonchev–Trinajstić information content (AvgIpc) is 2.97. The Kier molecular flexibility index (Phi) is 5.45. The number of piperidine rings is 1. The number of hydrogen-bond acceptors (Lipinski definition) is 4. The summed E-state index contributed by atoms with van der Waals surface area (Å²) in [6.07, 6.45) is 2.57. The lowest BCUT2D eigenvalue weighted by molar-refractivity contribution is 0.0462. The highest BCUT2D eigenvalue weighted by Gasteiger charge is 2.28. The number of ether oxygens (including phenoxy) is 1. The van der Waals surface area contributed by atoms with E-state index in [1.807, 2.05) is 42.5 Å². The standard InChI is InChI=1S/C16H24N2O3S/c1-16(2,3)21-15(20)17-10-13-6-4-5-8-18(13)14(19)12-7-9-22-11-12/h7,9,11,13H,4-6,8,10H2,1-3H3,(H,17,20)/t13-/m1/s1. The molecule has 1 saturated heterocycles. The molecule has 1 atom stereocenters. The molecule has 122 valence electrons. The fourth-order valence-corrected chi connectivity index (χ4v) is 3.18. The Labute approximate surface area is 135 Å². The molecule has 0 aliphatic carbocycles. The van der Waals surface area contributed by atoms with E-state index < -0.39 is 11.7 Å². The van der Waals surface area contributed by atoms with Gasteiger partial charge in [-0.3, -0.25) is 4.79 Å². The third-order valence-electron chi connectivity index (χ3n) is 3.54. The summed E-state index contributed by atoms with van der Waals surface area (Å²) in [6.45, 7) is 6.68. The number of nitrogens with one attached hydrogen (secondary N) is 1. The zero-order chi connectivity index (χ0) is 16.2. The van der Waals surface area contributed by atoms with E-state index >= 15 is 0 Å². The van der Waals surface area contributed by atoms with Gasteiger partial charge in [0.15, 0.2) is 0 Å². The van der Waals surface area contributed by atoms with Crippen LogP contribution in [0.25, 0.3) is 0 Å². The van der Waals surface area contributed by atoms with Crippen molar-refractivity contribution in [3.63, 3.8) is 0 Å². The van der Waals surface area contributed by atoms with Gasteiger partial charge in [0.05, 0.1) is 5.56 Å². The quantitative estimate of drug-likeness (QED) is 0.928. The molecule has 1 aliphatic heterocycles. The Morgan fingerprint density at radius 1 is 1.41 bits per heavy atom. The average molecular weight is 324 g/mol. The molecular weight excluding hydrogens is 300 g/mol. The van der Waals surface area contributed by atoms with E-state index in [0.29, 0.717) is 6.54 Å². The fraction of sp³-hybridized carbons (Fsp3) is 0.625. The van der Waals surface area contributed by atoms with Crippen molar-refractivity contribution in [3.05, 3.63) is 22.4 Å². The van der Waals surface area contributed by atoms with Gasteiger partial charge >= 0.3 is 6.09 Å². The molecule has 2 heterocycles. The number of thiophene rings is 1. The van der Waals surface area contributed by atoms with Crippen LogP contribution in [0, 0.1) is 0 Å². The summed E-state index contributed by atoms with van der Waals surface area (Å²) in [5.41, 5.74) is 0.220. The predicted octanol–water partition coefficient (Wildman–Crippen LogP) is 3.27. The molecule has 1 fully saturated rings. The maximum atomic E-state index is 12.5. The largest absolute Gasteiger partial charge is 0.444 e. The predicted molar refractivity (Wildman–Crippen MR) is 87.2 cm³/mol. The van der Waals surface area contributed by atoms with Crippen LogP contribution in [-0.2, 0) is 4.74 Å². The summed E-state index contributed by atoms with van der Waals surface area (Å²) >= 11 is 1.52. The SMILES string of the molecule is CC(C)(C)OC(=O)NC[C@H]1CCCCN1C(=O)c1ccsc1. The smallest absolute Gasteiger partial charge is 0.407 e. The van der Waals surface area contributed by atoms with Crippen molar-refractivity contribution in [2.75, 3.05) is 13.1 Å². The van der Waals surface area contributed by atoms with Crippen LogP contribution in [0.4, 0.5) is 4.79 Å². The van der Waals surface area contributed by atoms with Crippen LogP contribution < -0.4 is 5.32 Å². The van der Waals surface area contributed by atoms with Crippen molar-refractivity contribution in [2.45, 2.75) is 51.7 Å². The van der Waals surface area contributed by atoms with E-state index in [-0.39, 0.29) is 11.9 Å². The van der Waals surface area contributed by atoms with E-state index in [9.17, 15) is 9.59 Å². The van der Waals surface area contributed by atoms with Crippen molar-refractivity contribution in [3.8, 4) is 0 Å². The van der Waals surface area contributed by atoms with E-state index in [1.54, 1.807) is 0 Å². The Morgan fingerprint density at radius 2 is 2.18 bits per heavy atom. The Hall–Kier alpha value is -1.56. The molecule has 1 aromatic heterocycles. The van der Waals surface area contributed by atoms with E-state index in [1.165, 1.54) is 11.3 Å². The maximum absolute atomic E-state index is 12.5. The lowest BCUT2D eigenvalue weighted by atomic mass is 10.0. The lowest BCUT2D eigenvalue weighted by Crippen LogP contribution is -2.49. The molecule has 5 nitrogen and oxygen atoms in total. The molecule has 0 spiro atoms. The van der Waals surface area contributed by atoms with Gasteiger partial charge in [-0.1, -0.05) is 0 Å². The molecule has 2 amide bonds. The molecular formula is C16H24N2O3S. The van der Waals surface area contributed by atoms with Crippen molar-refractivity contribution >= 4 is 23.3 Å². The van der Waals surface area contributed by atoms with Gasteiger partial charge in [-0.15, -0.1) is 0 Å². The zero-order valence-electron chi connectivity index (χ0n) is 13.4. The van der Waals surface area contributed by atoms with Crippen LogP contribution in [0.15, 0.2) is 16.8 Å². The minimum Gasteiger partial charge on any atom is -0.444 e. The summed E-state index contributed by atoms with van der Waals surface area (Å²) in [5, 5.41) is 6.56. The first-order valence-corrected chi connectivity index (χ1v) is 8.61. The summed E-state index contributed by atoms with van der Waals surface area (Å²) in [6, 6.07) is 1.88. The molecule has 1 aromatic rings. The number of rotatable bonds is 3. The van der Waals surface area contributed by atoms with Crippen LogP contribution in [0.1, 0.15) is 50.4 Å². The number of hydrogen-bond donors (Lipinski definition) is 1. The van der Waals surface area contributed by atoms with Gasteiger partial charge in [-0.25, -0.2) is 4.79 Å². The Morgan fingerprint density at radius 3 is 2.82 bits per heavy atom. The number of carbonyl (C=O) groups is 2. The highest BCUT2D eigenvalue weighted by atomic mass is 32.1. The maximum Gasteiger partial charge on any atom is 0.407 e. The minimum absolute atomic E-state index is 0.0358. The van der Waals surface area contributed by atoms with Crippen molar-refractivity contribution in [1.82, 2.24) is 10.2 Å². The second-order valence-electron chi connectivity index (χ2n) is 6.54.